The van der Waals surface area contributed by atoms with Gasteiger partial charge in [-0.15, -0.1) is 5.11 Å². The number of hydrogen-bond donors (Lipinski definition) is 2. The topological polar surface area (TPSA) is 87.0 Å². The van der Waals surface area contributed by atoms with Crippen molar-refractivity contribution in [1.82, 2.24) is 4.98 Å². The fourth-order valence-corrected chi connectivity index (χ4v) is 1.97. The van der Waals surface area contributed by atoms with Crippen molar-refractivity contribution in [1.29, 1.82) is 0 Å². The predicted octanol–water partition coefficient (Wildman–Crippen LogP) is 4.65. The second-order valence-electron chi connectivity index (χ2n) is 5.19. The second-order valence-corrected chi connectivity index (χ2v) is 6.11. The zero-order chi connectivity index (χ0) is 14.9. The van der Waals surface area contributed by atoms with Crippen molar-refractivity contribution in [3.05, 3.63) is 22.7 Å². The average molecular weight is 340 g/mol. The van der Waals surface area contributed by atoms with Crippen LogP contribution >= 0.6 is 15.9 Å². The summed E-state index contributed by atoms with van der Waals surface area (Å²) in [6, 6.07) is 5.38. The van der Waals surface area contributed by atoms with E-state index in [9.17, 15) is 9.90 Å². The van der Waals surface area contributed by atoms with Gasteiger partial charge in [-0.05, 0) is 39.0 Å². The van der Waals surface area contributed by atoms with Gasteiger partial charge in [0.25, 0.3) is 0 Å². The lowest BCUT2D eigenvalue weighted by atomic mass is 10.2. The van der Waals surface area contributed by atoms with Gasteiger partial charge in [0.1, 0.15) is 5.60 Å². The SMILES string of the molecule is CC(C)(C)OC(=O)N=Nc1c(O)[nH]c2ccc(Br)cc12. The molecular formula is C13H14BrN3O3. The zero-order valence-corrected chi connectivity index (χ0v) is 12.9. The molecule has 1 aromatic heterocycles. The molecule has 0 aliphatic carbocycles. The third-order valence-electron chi connectivity index (χ3n) is 2.34. The number of fused-ring (bicyclic) bond motifs is 1. The molecule has 0 spiro atoms. The Labute approximate surface area is 124 Å². The number of aromatic nitrogens is 1. The van der Waals surface area contributed by atoms with E-state index in [1.165, 1.54) is 0 Å². The number of halogens is 1. The maximum absolute atomic E-state index is 11.5. The molecule has 0 fully saturated rings. The number of aromatic amines is 1. The van der Waals surface area contributed by atoms with Crippen molar-refractivity contribution in [2.45, 2.75) is 26.4 Å². The van der Waals surface area contributed by atoms with Crippen molar-refractivity contribution in [3.63, 3.8) is 0 Å². The molecule has 20 heavy (non-hydrogen) atoms. The molecule has 0 saturated heterocycles. The Hall–Kier alpha value is -1.89. The van der Waals surface area contributed by atoms with Crippen LogP contribution < -0.4 is 0 Å². The molecule has 6 nitrogen and oxygen atoms in total. The van der Waals surface area contributed by atoms with Gasteiger partial charge in [0.2, 0.25) is 5.88 Å². The summed E-state index contributed by atoms with van der Waals surface area (Å²) in [5.41, 5.74) is 0.262. The molecule has 0 radical (unpaired) electrons. The van der Waals surface area contributed by atoms with E-state index in [0.717, 1.165) is 4.47 Å². The van der Waals surface area contributed by atoms with Gasteiger partial charge >= 0.3 is 6.09 Å². The molecule has 2 N–H and O–H groups in total. The third kappa shape index (κ3) is 3.36. The van der Waals surface area contributed by atoms with Crippen LogP contribution in [0.15, 0.2) is 32.9 Å². The Balaban J connectivity index is 2.31. The molecule has 0 aliphatic rings. The smallest absolute Gasteiger partial charge is 0.452 e. The van der Waals surface area contributed by atoms with Crippen molar-refractivity contribution >= 4 is 38.6 Å². The molecule has 2 rings (SSSR count). The van der Waals surface area contributed by atoms with E-state index in [2.05, 4.69) is 31.1 Å². The molecule has 0 bridgehead atoms. The van der Waals surface area contributed by atoms with Crippen LogP contribution in [0.3, 0.4) is 0 Å². The Morgan fingerprint density at radius 3 is 2.75 bits per heavy atom. The van der Waals surface area contributed by atoms with E-state index in [0.29, 0.717) is 10.9 Å². The minimum Gasteiger partial charge on any atom is -0.493 e. The number of ether oxygens (including phenoxy) is 1. The quantitative estimate of drug-likeness (QED) is 0.741. The third-order valence-corrected chi connectivity index (χ3v) is 2.83. The largest absolute Gasteiger partial charge is 0.493 e. The molecule has 1 amide bonds. The van der Waals surface area contributed by atoms with E-state index < -0.39 is 11.7 Å². The molecule has 0 atom stereocenters. The van der Waals surface area contributed by atoms with Gasteiger partial charge in [-0.1, -0.05) is 21.0 Å². The van der Waals surface area contributed by atoms with Crippen LogP contribution in [0.2, 0.25) is 0 Å². The maximum atomic E-state index is 11.5. The number of carbonyl (C=O) groups excluding carboxylic acids is 1. The molecule has 0 aliphatic heterocycles. The number of nitrogens with zero attached hydrogens (tertiary/aromatic N) is 2. The van der Waals surface area contributed by atoms with Crippen molar-refractivity contribution < 1.29 is 14.6 Å². The average Bonchev–Trinajstić information content (AvgIpc) is 2.59. The van der Waals surface area contributed by atoms with Gasteiger partial charge in [-0.3, -0.25) is 0 Å². The van der Waals surface area contributed by atoms with E-state index in [-0.39, 0.29) is 11.6 Å². The van der Waals surface area contributed by atoms with Crippen LogP contribution in [0.5, 0.6) is 5.88 Å². The van der Waals surface area contributed by atoms with Gasteiger partial charge in [0.15, 0.2) is 5.69 Å². The monoisotopic (exact) mass is 339 g/mol. The molecule has 7 heteroatoms. The van der Waals surface area contributed by atoms with Crippen LogP contribution in [-0.4, -0.2) is 21.8 Å². The molecule has 2 aromatic rings. The lowest BCUT2D eigenvalue weighted by Crippen LogP contribution is -2.21. The summed E-state index contributed by atoms with van der Waals surface area (Å²) in [4.78, 5) is 14.2. The van der Waals surface area contributed by atoms with Gasteiger partial charge in [-0.25, -0.2) is 4.79 Å². The fourth-order valence-electron chi connectivity index (χ4n) is 1.61. The molecule has 1 aromatic carbocycles. The Morgan fingerprint density at radius 2 is 2.10 bits per heavy atom. The number of H-pyrrole nitrogens is 1. The van der Waals surface area contributed by atoms with E-state index in [1.807, 2.05) is 6.07 Å². The van der Waals surface area contributed by atoms with Crippen LogP contribution in [-0.2, 0) is 4.74 Å². The normalized spacial score (nSPS) is 12.2. The molecule has 0 unspecified atom stereocenters. The first kappa shape index (κ1) is 14.5. The van der Waals surface area contributed by atoms with Crippen LogP contribution in [0.1, 0.15) is 20.8 Å². The van der Waals surface area contributed by atoms with Gasteiger partial charge in [0, 0.05) is 9.86 Å². The summed E-state index contributed by atoms with van der Waals surface area (Å²) in [7, 11) is 0. The molecular weight excluding hydrogens is 326 g/mol. The lowest BCUT2D eigenvalue weighted by molar-refractivity contribution is 0.0592. The van der Waals surface area contributed by atoms with E-state index in [1.54, 1.807) is 32.9 Å². The van der Waals surface area contributed by atoms with E-state index in [4.69, 9.17) is 4.74 Å². The van der Waals surface area contributed by atoms with Crippen LogP contribution in [0.4, 0.5) is 10.5 Å². The summed E-state index contributed by atoms with van der Waals surface area (Å²) in [6.45, 7) is 5.21. The number of benzene rings is 1. The minimum absolute atomic E-state index is 0.148. The summed E-state index contributed by atoms with van der Waals surface area (Å²) in [6.07, 6.45) is -0.804. The summed E-state index contributed by atoms with van der Waals surface area (Å²) < 4.78 is 5.84. The summed E-state index contributed by atoms with van der Waals surface area (Å²) in [5.74, 6) is -0.148. The first-order valence-corrected chi connectivity index (χ1v) is 6.70. The standard InChI is InChI=1S/C13H14BrN3O3/c1-13(2,3)20-12(19)17-16-10-8-6-7(14)4-5-9(8)15-11(10)18/h4-6,15,18H,1-3H3. The summed E-state index contributed by atoms with van der Waals surface area (Å²) in [5, 5.41) is 17.7. The highest BCUT2D eigenvalue weighted by molar-refractivity contribution is 9.10. The zero-order valence-electron chi connectivity index (χ0n) is 11.3. The minimum atomic E-state index is -0.804. The van der Waals surface area contributed by atoms with Crippen LogP contribution in [0, 0.1) is 0 Å². The number of carbonyl (C=O) groups is 1. The second kappa shape index (κ2) is 5.24. The number of rotatable bonds is 1. The summed E-state index contributed by atoms with van der Waals surface area (Å²) >= 11 is 3.34. The number of azo groups is 1. The van der Waals surface area contributed by atoms with Gasteiger partial charge in [0.05, 0.1) is 5.52 Å². The Morgan fingerprint density at radius 1 is 1.40 bits per heavy atom. The number of amides is 1. The Bertz CT molecular complexity index is 686. The first-order valence-electron chi connectivity index (χ1n) is 5.91. The predicted molar refractivity (Wildman–Crippen MR) is 78.4 cm³/mol. The highest BCUT2D eigenvalue weighted by Gasteiger charge is 2.16. The van der Waals surface area contributed by atoms with Gasteiger partial charge < -0.3 is 14.8 Å². The molecule has 1 heterocycles. The highest BCUT2D eigenvalue weighted by Crippen LogP contribution is 2.36. The Kier molecular flexibility index (Phi) is 3.80. The number of hydrogen-bond acceptors (Lipinski definition) is 4. The first-order chi connectivity index (χ1) is 9.26. The number of nitrogens with one attached hydrogen (secondary N) is 1. The molecule has 0 saturated carbocycles. The van der Waals surface area contributed by atoms with E-state index >= 15 is 0 Å². The van der Waals surface area contributed by atoms with Crippen molar-refractivity contribution in [2.75, 3.05) is 0 Å². The molecule has 106 valence electrons. The number of aromatic hydroxyl groups is 1. The van der Waals surface area contributed by atoms with Crippen molar-refractivity contribution in [2.24, 2.45) is 10.2 Å². The highest BCUT2D eigenvalue weighted by atomic mass is 79.9. The lowest BCUT2D eigenvalue weighted by Gasteiger charge is -2.16. The fraction of sp³-hybridized carbons (Fsp3) is 0.308. The van der Waals surface area contributed by atoms with Crippen LogP contribution in [0.25, 0.3) is 10.9 Å². The van der Waals surface area contributed by atoms with Crippen molar-refractivity contribution in [3.8, 4) is 5.88 Å². The van der Waals surface area contributed by atoms with Gasteiger partial charge in [-0.2, -0.15) is 0 Å². The maximum Gasteiger partial charge on any atom is 0.452 e.